The molecule has 0 atom stereocenters. The molecule has 0 aromatic rings. The SMILES string of the molecule is CCCCCC=CCC=CCCCCCCCCOC(=O)C(CN)(CCCCCCCC/C=C\C/C=C\CCCCC)CCCCCCCC/C=C\C/C=C\CCCCC. The van der Waals surface area contributed by atoms with Crippen LogP contribution in [-0.2, 0) is 9.53 Å². The highest BCUT2D eigenvalue weighted by Gasteiger charge is 2.37. The highest BCUT2D eigenvalue weighted by Crippen LogP contribution is 2.33. The molecule has 0 aromatic carbocycles. The van der Waals surface area contributed by atoms with Gasteiger partial charge < -0.3 is 10.5 Å². The number of hydrogen-bond donors (Lipinski definition) is 1. The summed E-state index contributed by atoms with van der Waals surface area (Å²) < 4.78 is 6.02. The molecule has 0 aromatic heterocycles. The van der Waals surface area contributed by atoms with Crippen molar-refractivity contribution in [3.63, 3.8) is 0 Å². The number of nitrogens with two attached hydrogens (primary N) is 1. The topological polar surface area (TPSA) is 52.3 Å². The zero-order valence-electron chi connectivity index (χ0n) is 40.6. The Morgan fingerprint density at radius 2 is 0.633 bits per heavy atom. The van der Waals surface area contributed by atoms with Gasteiger partial charge in [-0.1, -0.05) is 222 Å². The normalized spacial score (nSPS) is 12.7. The van der Waals surface area contributed by atoms with E-state index in [1.807, 2.05) is 0 Å². The summed E-state index contributed by atoms with van der Waals surface area (Å²) in [6, 6.07) is 0. The van der Waals surface area contributed by atoms with Crippen LogP contribution in [0.4, 0.5) is 0 Å². The summed E-state index contributed by atoms with van der Waals surface area (Å²) in [6.07, 6.45) is 74.0. The molecule has 0 saturated heterocycles. The van der Waals surface area contributed by atoms with E-state index in [-0.39, 0.29) is 5.97 Å². The molecule has 3 heteroatoms. The maximum absolute atomic E-state index is 13.7. The maximum atomic E-state index is 13.7. The highest BCUT2D eigenvalue weighted by atomic mass is 16.5. The van der Waals surface area contributed by atoms with Gasteiger partial charge in [-0.3, -0.25) is 4.79 Å². The first-order valence-corrected chi connectivity index (χ1v) is 26.4. The molecule has 0 radical (unpaired) electrons. The van der Waals surface area contributed by atoms with Gasteiger partial charge in [0.25, 0.3) is 0 Å². The quantitative estimate of drug-likeness (QED) is 0.0377. The number of allylic oxidation sites excluding steroid dienone is 12. The Labute approximate surface area is 376 Å². The fraction of sp³-hybridized carbons (Fsp3) is 0.772. The van der Waals surface area contributed by atoms with Crippen LogP contribution >= 0.6 is 0 Å². The lowest BCUT2D eigenvalue weighted by Gasteiger charge is -2.30. The van der Waals surface area contributed by atoms with Crippen molar-refractivity contribution in [1.82, 2.24) is 0 Å². The third-order valence-corrected chi connectivity index (χ3v) is 12.1. The summed E-state index contributed by atoms with van der Waals surface area (Å²) in [6.45, 7) is 7.74. The maximum Gasteiger partial charge on any atom is 0.313 e. The van der Waals surface area contributed by atoms with Crippen molar-refractivity contribution in [3.05, 3.63) is 72.9 Å². The minimum atomic E-state index is -0.511. The summed E-state index contributed by atoms with van der Waals surface area (Å²) in [5.74, 6) is -0.0159. The minimum absolute atomic E-state index is 0.0159. The first-order chi connectivity index (χ1) is 29.7. The van der Waals surface area contributed by atoms with Crippen LogP contribution in [0, 0.1) is 5.41 Å². The van der Waals surface area contributed by atoms with E-state index in [4.69, 9.17) is 10.5 Å². The van der Waals surface area contributed by atoms with Crippen molar-refractivity contribution in [2.45, 2.75) is 265 Å². The number of carbonyl (C=O) groups is 1. The third kappa shape index (κ3) is 41.2. The Hall–Kier alpha value is -2.13. The van der Waals surface area contributed by atoms with Crippen molar-refractivity contribution >= 4 is 5.97 Å². The largest absolute Gasteiger partial charge is 0.465 e. The van der Waals surface area contributed by atoms with Crippen LogP contribution in [0.1, 0.15) is 265 Å². The van der Waals surface area contributed by atoms with Crippen LogP contribution < -0.4 is 5.73 Å². The van der Waals surface area contributed by atoms with E-state index in [0.717, 1.165) is 57.8 Å². The molecule has 348 valence electrons. The van der Waals surface area contributed by atoms with Gasteiger partial charge in [-0.15, -0.1) is 0 Å². The Kier molecular flexibility index (Phi) is 47.8. The van der Waals surface area contributed by atoms with Gasteiger partial charge in [0.05, 0.1) is 12.0 Å². The van der Waals surface area contributed by atoms with Crippen LogP contribution in [0.15, 0.2) is 72.9 Å². The van der Waals surface area contributed by atoms with E-state index in [2.05, 4.69) is 93.7 Å². The van der Waals surface area contributed by atoms with E-state index in [9.17, 15) is 4.79 Å². The molecule has 0 rings (SSSR count). The summed E-state index contributed by atoms with van der Waals surface area (Å²) >= 11 is 0. The summed E-state index contributed by atoms with van der Waals surface area (Å²) in [4.78, 5) is 13.7. The summed E-state index contributed by atoms with van der Waals surface area (Å²) in [5, 5.41) is 0. The molecular weight excluding hydrogens is 731 g/mol. The van der Waals surface area contributed by atoms with Gasteiger partial charge in [0.2, 0.25) is 0 Å². The fourth-order valence-corrected chi connectivity index (χ4v) is 7.93. The molecule has 0 aliphatic heterocycles. The van der Waals surface area contributed by atoms with Crippen LogP contribution in [0.3, 0.4) is 0 Å². The Bertz CT molecular complexity index is 1000. The molecule has 60 heavy (non-hydrogen) atoms. The molecule has 2 N–H and O–H groups in total. The lowest BCUT2D eigenvalue weighted by molar-refractivity contribution is -0.156. The van der Waals surface area contributed by atoms with E-state index in [1.54, 1.807) is 0 Å². The number of hydrogen-bond acceptors (Lipinski definition) is 3. The van der Waals surface area contributed by atoms with Crippen molar-refractivity contribution in [2.24, 2.45) is 11.1 Å². The second-order valence-corrected chi connectivity index (χ2v) is 17.9. The molecule has 0 aliphatic carbocycles. The van der Waals surface area contributed by atoms with E-state index < -0.39 is 5.41 Å². The first-order valence-electron chi connectivity index (χ1n) is 26.4. The predicted octanol–water partition coefficient (Wildman–Crippen LogP) is 18.7. The van der Waals surface area contributed by atoms with E-state index in [0.29, 0.717) is 13.2 Å². The van der Waals surface area contributed by atoms with Gasteiger partial charge >= 0.3 is 5.97 Å². The molecule has 0 amide bonds. The molecule has 0 heterocycles. The third-order valence-electron chi connectivity index (χ3n) is 12.1. The highest BCUT2D eigenvalue weighted by molar-refractivity contribution is 5.77. The molecule has 0 aliphatic rings. The zero-order valence-corrected chi connectivity index (χ0v) is 40.6. The Balaban J connectivity index is 4.50. The van der Waals surface area contributed by atoms with Gasteiger partial charge in [-0.05, 0) is 116 Å². The van der Waals surface area contributed by atoms with Crippen molar-refractivity contribution in [2.75, 3.05) is 13.2 Å². The standard InChI is InChI=1S/C57H103NO2/c1-4-7-10-13-16-19-22-25-28-31-34-37-40-43-46-49-52-57(55-58,53-50-47-44-41-38-35-32-29-26-23-20-17-14-11-8-5-2)56(59)60-54-51-48-45-42-39-36-33-30-27-24-21-18-15-12-9-6-3/h16-21,25-30H,4-15,22-24,31-55,58H2,1-3H3/b19-16-,20-17-,21-18?,28-25-,29-26-,30-27?. The Morgan fingerprint density at radius 1 is 0.367 bits per heavy atom. The van der Waals surface area contributed by atoms with Gasteiger partial charge in [0.15, 0.2) is 0 Å². The van der Waals surface area contributed by atoms with E-state index in [1.165, 1.54) is 186 Å². The number of esters is 1. The fourth-order valence-electron chi connectivity index (χ4n) is 7.93. The van der Waals surface area contributed by atoms with Gasteiger partial charge in [-0.25, -0.2) is 0 Å². The van der Waals surface area contributed by atoms with Crippen molar-refractivity contribution < 1.29 is 9.53 Å². The van der Waals surface area contributed by atoms with Gasteiger partial charge in [-0.2, -0.15) is 0 Å². The van der Waals surface area contributed by atoms with Crippen molar-refractivity contribution in [3.8, 4) is 0 Å². The van der Waals surface area contributed by atoms with Crippen molar-refractivity contribution in [1.29, 1.82) is 0 Å². The second kappa shape index (κ2) is 49.5. The smallest absolute Gasteiger partial charge is 0.313 e. The first kappa shape index (κ1) is 57.9. The summed E-state index contributed by atoms with van der Waals surface area (Å²) in [5.41, 5.74) is 5.97. The second-order valence-electron chi connectivity index (χ2n) is 17.9. The number of unbranched alkanes of at least 4 members (excludes halogenated alkanes) is 27. The predicted molar refractivity (Wildman–Crippen MR) is 270 cm³/mol. The molecule has 3 nitrogen and oxygen atoms in total. The average molecular weight is 834 g/mol. The molecular formula is C57H103NO2. The molecule has 0 bridgehead atoms. The summed E-state index contributed by atoms with van der Waals surface area (Å²) in [7, 11) is 0. The number of ether oxygens (including phenoxy) is 1. The average Bonchev–Trinajstić information content (AvgIpc) is 3.26. The lowest BCUT2D eigenvalue weighted by atomic mass is 9.77. The monoisotopic (exact) mass is 834 g/mol. The zero-order chi connectivity index (χ0) is 43.6. The number of carbonyl (C=O) groups excluding carboxylic acids is 1. The molecule has 0 unspecified atom stereocenters. The van der Waals surface area contributed by atoms with Crippen LogP contribution in [0.25, 0.3) is 0 Å². The Morgan fingerprint density at radius 3 is 0.933 bits per heavy atom. The van der Waals surface area contributed by atoms with E-state index >= 15 is 0 Å². The van der Waals surface area contributed by atoms with Gasteiger partial charge in [0.1, 0.15) is 0 Å². The molecule has 0 saturated carbocycles. The number of rotatable bonds is 47. The minimum Gasteiger partial charge on any atom is -0.465 e. The van der Waals surface area contributed by atoms with Crippen LogP contribution in [0.2, 0.25) is 0 Å². The lowest BCUT2D eigenvalue weighted by Crippen LogP contribution is -2.40. The van der Waals surface area contributed by atoms with Gasteiger partial charge in [0, 0.05) is 6.54 Å². The van der Waals surface area contributed by atoms with Crippen LogP contribution in [-0.4, -0.2) is 19.1 Å². The molecule has 0 spiro atoms. The molecule has 0 fully saturated rings. The van der Waals surface area contributed by atoms with Crippen LogP contribution in [0.5, 0.6) is 0 Å².